The number of nitro groups is 1. The van der Waals surface area contributed by atoms with Crippen LogP contribution in [0.25, 0.3) is 10.9 Å². The Bertz CT molecular complexity index is 513. The molecule has 0 amide bonds. The SMILES string of the molecule is CC.CC(C)C.Cc1cc2cc([N+](=O)[O-])ccc2[nH]1. The van der Waals surface area contributed by atoms with Gasteiger partial charge >= 0.3 is 0 Å². The molecule has 1 N–H and O–H groups in total. The van der Waals surface area contributed by atoms with Gasteiger partial charge in [0.25, 0.3) is 5.69 Å². The van der Waals surface area contributed by atoms with E-state index in [0.717, 1.165) is 22.5 Å². The molecule has 0 aliphatic carbocycles. The minimum absolute atomic E-state index is 0.131. The summed E-state index contributed by atoms with van der Waals surface area (Å²) in [6.45, 7) is 12.4. The third-order valence-electron chi connectivity index (χ3n) is 1.95. The number of nitro benzene ring substituents is 1. The van der Waals surface area contributed by atoms with Gasteiger partial charge in [0.15, 0.2) is 0 Å². The van der Waals surface area contributed by atoms with Crippen LogP contribution in [-0.2, 0) is 0 Å². The fourth-order valence-corrected chi connectivity index (χ4v) is 1.38. The molecule has 0 saturated heterocycles. The molecule has 4 nitrogen and oxygen atoms in total. The first-order valence-corrected chi connectivity index (χ1v) is 6.64. The van der Waals surface area contributed by atoms with Crippen molar-refractivity contribution < 1.29 is 4.92 Å². The molecule has 2 aromatic rings. The van der Waals surface area contributed by atoms with Crippen molar-refractivity contribution in [2.45, 2.75) is 41.5 Å². The first-order chi connectivity index (χ1) is 8.90. The Labute approximate surface area is 115 Å². The van der Waals surface area contributed by atoms with E-state index in [9.17, 15) is 10.1 Å². The summed E-state index contributed by atoms with van der Waals surface area (Å²) < 4.78 is 0. The lowest BCUT2D eigenvalue weighted by molar-refractivity contribution is -0.384. The van der Waals surface area contributed by atoms with Gasteiger partial charge in [-0.25, -0.2) is 0 Å². The number of aromatic amines is 1. The maximum atomic E-state index is 10.4. The summed E-state index contributed by atoms with van der Waals surface area (Å²) in [5.41, 5.74) is 2.07. The van der Waals surface area contributed by atoms with Crippen LogP contribution in [0.1, 0.15) is 40.3 Å². The Morgan fingerprint density at radius 3 is 2.16 bits per heavy atom. The number of benzene rings is 1. The van der Waals surface area contributed by atoms with Crippen molar-refractivity contribution in [1.82, 2.24) is 4.98 Å². The number of non-ortho nitro benzene ring substituents is 1. The lowest BCUT2D eigenvalue weighted by Crippen LogP contribution is -1.86. The number of rotatable bonds is 1. The molecule has 2 rings (SSSR count). The molecule has 0 saturated carbocycles. The zero-order chi connectivity index (χ0) is 15.0. The molecule has 0 atom stereocenters. The van der Waals surface area contributed by atoms with E-state index in [1.165, 1.54) is 6.07 Å². The number of hydrogen-bond acceptors (Lipinski definition) is 2. The quantitative estimate of drug-likeness (QED) is 0.577. The summed E-state index contributed by atoms with van der Waals surface area (Å²) in [4.78, 5) is 13.2. The Morgan fingerprint density at radius 1 is 1.16 bits per heavy atom. The Kier molecular flexibility index (Phi) is 7.49. The molecule has 4 heteroatoms. The second kappa shape index (κ2) is 8.29. The molecule has 106 valence electrons. The molecule has 0 bridgehead atoms. The van der Waals surface area contributed by atoms with E-state index < -0.39 is 0 Å². The van der Waals surface area contributed by atoms with Crippen molar-refractivity contribution in [2.75, 3.05) is 0 Å². The minimum atomic E-state index is -0.387. The molecule has 1 heterocycles. The molecule has 0 aliphatic heterocycles. The number of hydrogen-bond donors (Lipinski definition) is 1. The van der Waals surface area contributed by atoms with Crippen LogP contribution in [0.4, 0.5) is 5.69 Å². The molecule has 0 fully saturated rings. The monoisotopic (exact) mass is 264 g/mol. The van der Waals surface area contributed by atoms with Crippen molar-refractivity contribution in [2.24, 2.45) is 5.92 Å². The molecule has 1 aromatic heterocycles. The van der Waals surface area contributed by atoms with Crippen LogP contribution in [0.15, 0.2) is 24.3 Å². The van der Waals surface area contributed by atoms with Crippen molar-refractivity contribution in [3.63, 3.8) is 0 Å². The summed E-state index contributed by atoms with van der Waals surface area (Å²) in [5.74, 6) is 0.833. The van der Waals surface area contributed by atoms with Crippen molar-refractivity contribution in [3.05, 3.63) is 40.1 Å². The number of aromatic nitrogens is 1. The van der Waals surface area contributed by atoms with Gasteiger partial charge in [-0.1, -0.05) is 34.6 Å². The molecular weight excluding hydrogens is 240 g/mol. The largest absolute Gasteiger partial charge is 0.359 e. The van der Waals surface area contributed by atoms with E-state index >= 15 is 0 Å². The van der Waals surface area contributed by atoms with Crippen LogP contribution in [0, 0.1) is 23.0 Å². The van der Waals surface area contributed by atoms with Gasteiger partial charge < -0.3 is 4.98 Å². The lowest BCUT2D eigenvalue weighted by Gasteiger charge is -1.90. The highest BCUT2D eigenvalue weighted by Gasteiger charge is 2.06. The standard InChI is InChI=1S/C9H8N2O2.C4H10.C2H6/c1-6-4-7-5-8(11(12)13)2-3-9(7)10-6;1-4(2)3;1-2/h2-5,10H,1H3;4H,1-3H3;1-2H3. The predicted octanol–water partition coefficient (Wildman–Crippen LogP) is 5.07. The zero-order valence-electron chi connectivity index (χ0n) is 12.7. The maximum absolute atomic E-state index is 10.4. The minimum Gasteiger partial charge on any atom is -0.359 e. The smallest absolute Gasteiger partial charge is 0.270 e. The highest BCUT2D eigenvalue weighted by atomic mass is 16.6. The number of aryl methyl sites for hydroxylation is 1. The van der Waals surface area contributed by atoms with Crippen LogP contribution < -0.4 is 0 Å². The average molecular weight is 264 g/mol. The number of fused-ring (bicyclic) bond motifs is 1. The van der Waals surface area contributed by atoms with Crippen molar-refractivity contribution >= 4 is 16.6 Å². The van der Waals surface area contributed by atoms with Crippen molar-refractivity contribution in [1.29, 1.82) is 0 Å². The zero-order valence-corrected chi connectivity index (χ0v) is 12.7. The van der Waals surface area contributed by atoms with Crippen LogP contribution in [0.2, 0.25) is 0 Å². The van der Waals surface area contributed by atoms with E-state index in [4.69, 9.17) is 0 Å². The fraction of sp³-hybridized carbons (Fsp3) is 0.467. The van der Waals surface area contributed by atoms with E-state index in [-0.39, 0.29) is 10.6 Å². The third kappa shape index (κ3) is 6.04. The molecule has 0 radical (unpaired) electrons. The van der Waals surface area contributed by atoms with Gasteiger partial charge in [-0.2, -0.15) is 0 Å². The van der Waals surface area contributed by atoms with Crippen LogP contribution in [0.3, 0.4) is 0 Å². The summed E-state index contributed by atoms with van der Waals surface area (Å²) >= 11 is 0. The molecule has 0 unspecified atom stereocenters. The average Bonchev–Trinajstić information content (AvgIpc) is 2.69. The van der Waals surface area contributed by atoms with E-state index in [1.54, 1.807) is 12.1 Å². The fourth-order valence-electron chi connectivity index (χ4n) is 1.38. The first kappa shape index (κ1) is 17.2. The summed E-state index contributed by atoms with van der Waals surface area (Å²) in [6.07, 6.45) is 0. The molecule has 19 heavy (non-hydrogen) atoms. The maximum Gasteiger partial charge on any atom is 0.270 e. The highest BCUT2D eigenvalue weighted by molar-refractivity contribution is 5.82. The second-order valence-electron chi connectivity index (χ2n) is 4.71. The van der Waals surface area contributed by atoms with E-state index in [1.807, 2.05) is 26.8 Å². The van der Waals surface area contributed by atoms with E-state index in [0.29, 0.717) is 0 Å². The van der Waals surface area contributed by atoms with Crippen LogP contribution in [-0.4, -0.2) is 9.91 Å². The third-order valence-corrected chi connectivity index (χ3v) is 1.95. The molecule has 0 aliphatic rings. The Hall–Kier alpha value is -1.84. The Balaban J connectivity index is 0.000000467. The number of nitrogens with one attached hydrogen (secondary N) is 1. The predicted molar refractivity (Wildman–Crippen MR) is 81.6 cm³/mol. The lowest BCUT2D eigenvalue weighted by atomic mass is 10.2. The van der Waals surface area contributed by atoms with Gasteiger partial charge in [0, 0.05) is 28.7 Å². The van der Waals surface area contributed by atoms with Gasteiger partial charge in [-0.3, -0.25) is 10.1 Å². The van der Waals surface area contributed by atoms with Crippen molar-refractivity contribution in [3.8, 4) is 0 Å². The molecular formula is C15H24N2O2. The number of H-pyrrole nitrogens is 1. The summed E-state index contributed by atoms with van der Waals surface area (Å²) in [5, 5.41) is 11.3. The summed E-state index contributed by atoms with van der Waals surface area (Å²) in [7, 11) is 0. The van der Waals surface area contributed by atoms with Gasteiger partial charge in [0.1, 0.15) is 0 Å². The molecule has 0 spiro atoms. The van der Waals surface area contributed by atoms with Crippen LogP contribution in [0.5, 0.6) is 0 Å². The van der Waals surface area contributed by atoms with Gasteiger partial charge in [-0.05, 0) is 25.0 Å². The number of nitrogens with zero attached hydrogens (tertiary/aromatic N) is 1. The van der Waals surface area contributed by atoms with Gasteiger partial charge in [-0.15, -0.1) is 0 Å². The first-order valence-electron chi connectivity index (χ1n) is 6.64. The molecule has 1 aromatic carbocycles. The second-order valence-corrected chi connectivity index (χ2v) is 4.71. The highest BCUT2D eigenvalue weighted by Crippen LogP contribution is 2.20. The van der Waals surface area contributed by atoms with Crippen LogP contribution >= 0.6 is 0 Å². The Morgan fingerprint density at radius 2 is 1.68 bits per heavy atom. The topological polar surface area (TPSA) is 58.9 Å². The normalized spacial score (nSPS) is 9.42. The van der Waals surface area contributed by atoms with Gasteiger partial charge in [0.2, 0.25) is 0 Å². The van der Waals surface area contributed by atoms with E-state index in [2.05, 4.69) is 25.8 Å². The summed E-state index contributed by atoms with van der Waals surface area (Å²) in [6, 6.07) is 6.68. The van der Waals surface area contributed by atoms with Gasteiger partial charge in [0.05, 0.1) is 4.92 Å².